The van der Waals surface area contributed by atoms with Gasteiger partial charge in [-0.05, 0) is 42.7 Å². The van der Waals surface area contributed by atoms with Gasteiger partial charge in [0.1, 0.15) is 5.76 Å². The van der Waals surface area contributed by atoms with Crippen LogP contribution in [0.25, 0.3) is 0 Å². The van der Waals surface area contributed by atoms with Gasteiger partial charge in [-0.15, -0.1) is 0 Å². The SMILES string of the molecule is OC(CN(Cc1ccco1)C1CCCC1)c1ccc2c(c1)OCO2. The first-order valence-corrected chi connectivity index (χ1v) is 8.63. The van der Waals surface area contributed by atoms with E-state index >= 15 is 0 Å². The van der Waals surface area contributed by atoms with E-state index in [2.05, 4.69) is 4.90 Å². The molecule has 0 bridgehead atoms. The first-order chi connectivity index (χ1) is 11.8. The second-order valence-electron chi connectivity index (χ2n) is 6.58. The van der Waals surface area contributed by atoms with Gasteiger partial charge in [-0.2, -0.15) is 0 Å². The molecule has 1 aromatic carbocycles. The van der Waals surface area contributed by atoms with E-state index in [9.17, 15) is 5.11 Å². The van der Waals surface area contributed by atoms with Crippen molar-refractivity contribution in [1.29, 1.82) is 0 Å². The number of hydrogen-bond donors (Lipinski definition) is 1. The van der Waals surface area contributed by atoms with Gasteiger partial charge in [-0.3, -0.25) is 4.90 Å². The van der Waals surface area contributed by atoms with Crippen LogP contribution in [0, 0.1) is 0 Å². The summed E-state index contributed by atoms with van der Waals surface area (Å²) in [6.45, 7) is 1.58. The third-order valence-electron chi connectivity index (χ3n) is 4.97. The van der Waals surface area contributed by atoms with Crippen LogP contribution in [0.1, 0.15) is 43.1 Å². The van der Waals surface area contributed by atoms with E-state index in [-0.39, 0.29) is 6.79 Å². The van der Waals surface area contributed by atoms with Crippen LogP contribution in [0.3, 0.4) is 0 Å². The van der Waals surface area contributed by atoms with Crippen molar-refractivity contribution >= 4 is 0 Å². The fraction of sp³-hybridized carbons (Fsp3) is 0.474. The smallest absolute Gasteiger partial charge is 0.231 e. The summed E-state index contributed by atoms with van der Waals surface area (Å²) in [7, 11) is 0. The van der Waals surface area contributed by atoms with Crippen molar-refractivity contribution in [2.75, 3.05) is 13.3 Å². The largest absolute Gasteiger partial charge is 0.468 e. The maximum absolute atomic E-state index is 10.7. The van der Waals surface area contributed by atoms with Gasteiger partial charge in [-0.25, -0.2) is 0 Å². The standard InChI is InChI=1S/C19H23NO4/c21-17(14-7-8-18-19(10-14)24-13-23-18)12-20(15-4-1-2-5-15)11-16-6-3-9-22-16/h3,6-10,15,17,21H,1-2,4-5,11-13H2. The molecule has 1 aliphatic carbocycles. The van der Waals surface area contributed by atoms with Gasteiger partial charge < -0.3 is 19.0 Å². The number of furan rings is 1. The highest BCUT2D eigenvalue weighted by Gasteiger charge is 2.26. The van der Waals surface area contributed by atoms with Crippen LogP contribution in [0.4, 0.5) is 0 Å². The second kappa shape index (κ2) is 6.87. The minimum absolute atomic E-state index is 0.252. The summed E-state index contributed by atoms with van der Waals surface area (Å²) in [4.78, 5) is 2.35. The van der Waals surface area contributed by atoms with Crippen molar-refractivity contribution in [1.82, 2.24) is 4.90 Å². The van der Waals surface area contributed by atoms with Gasteiger partial charge in [0, 0.05) is 12.6 Å². The van der Waals surface area contributed by atoms with Crippen LogP contribution >= 0.6 is 0 Å². The normalized spacial score (nSPS) is 18.4. The highest BCUT2D eigenvalue weighted by atomic mass is 16.7. The van der Waals surface area contributed by atoms with Crippen molar-refractivity contribution in [3.8, 4) is 11.5 Å². The molecule has 2 aliphatic rings. The van der Waals surface area contributed by atoms with E-state index in [0.717, 1.165) is 23.6 Å². The Labute approximate surface area is 141 Å². The molecule has 5 nitrogen and oxygen atoms in total. The third-order valence-corrected chi connectivity index (χ3v) is 4.97. The number of ether oxygens (including phenoxy) is 2. The summed E-state index contributed by atoms with van der Waals surface area (Å²) in [5.41, 5.74) is 0.863. The third kappa shape index (κ3) is 3.28. The topological polar surface area (TPSA) is 55.1 Å². The van der Waals surface area contributed by atoms with Crippen LogP contribution in [-0.2, 0) is 6.54 Å². The van der Waals surface area contributed by atoms with E-state index in [1.807, 2.05) is 30.3 Å². The van der Waals surface area contributed by atoms with Crippen molar-refractivity contribution < 1.29 is 19.0 Å². The molecule has 1 aliphatic heterocycles. The number of aliphatic hydroxyl groups is 1. The summed E-state index contributed by atoms with van der Waals surface area (Å²) >= 11 is 0. The van der Waals surface area contributed by atoms with Crippen LogP contribution < -0.4 is 9.47 Å². The molecule has 0 amide bonds. The zero-order chi connectivity index (χ0) is 16.4. The lowest BCUT2D eigenvalue weighted by molar-refractivity contribution is 0.0778. The molecule has 2 heterocycles. The number of nitrogens with zero attached hydrogens (tertiary/aromatic N) is 1. The lowest BCUT2D eigenvalue weighted by atomic mass is 10.1. The number of fused-ring (bicyclic) bond motifs is 1. The second-order valence-corrected chi connectivity index (χ2v) is 6.58. The number of benzene rings is 1. The lowest BCUT2D eigenvalue weighted by Crippen LogP contribution is -2.36. The molecule has 24 heavy (non-hydrogen) atoms. The molecule has 4 rings (SSSR count). The number of aliphatic hydroxyl groups excluding tert-OH is 1. The molecule has 0 saturated heterocycles. The Balaban J connectivity index is 1.48. The lowest BCUT2D eigenvalue weighted by Gasteiger charge is -2.30. The fourth-order valence-electron chi connectivity index (χ4n) is 3.66. The maximum atomic E-state index is 10.7. The highest BCUT2D eigenvalue weighted by Crippen LogP contribution is 2.35. The van der Waals surface area contributed by atoms with Gasteiger partial charge in [0.2, 0.25) is 6.79 Å². The molecule has 1 aromatic heterocycles. The summed E-state index contributed by atoms with van der Waals surface area (Å²) in [5.74, 6) is 2.40. The maximum Gasteiger partial charge on any atom is 0.231 e. The molecule has 1 atom stereocenters. The van der Waals surface area contributed by atoms with E-state index in [0.29, 0.717) is 18.3 Å². The highest BCUT2D eigenvalue weighted by molar-refractivity contribution is 5.45. The molecular weight excluding hydrogens is 306 g/mol. The molecule has 0 spiro atoms. The first kappa shape index (κ1) is 15.5. The molecule has 128 valence electrons. The van der Waals surface area contributed by atoms with Crippen molar-refractivity contribution in [2.45, 2.75) is 44.4 Å². The van der Waals surface area contributed by atoms with Crippen LogP contribution in [0.15, 0.2) is 41.0 Å². The van der Waals surface area contributed by atoms with Crippen LogP contribution in [-0.4, -0.2) is 29.4 Å². The van der Waals surface area contributed by atoms with Gasteiger partial charge in [-0.1, -0.05) is 18.9 Å². The zero-order valence-corrected chi connectivity index (χ0v) is 13.7. The Morgan fingerprint density at radius 3 is 2.75 bits per heavy atom. The summed E-state index contributed by atoms with van der Waals surface area (Å²) in [5, 5.41) is 10.7. The Morgan fingerprint density at radius 2 is 1.96 bits per heavy atom. The average molecular weight is 329 g/mol. The van der Waals surface area contributed by atoms with E-state index in [1.54, 1.807) is 6.26 Å². The van der Waals surface area contributed by atoms with Gasteiger partial charge in [0.25, 0.3) is 0 Å². The van der Waals surface area contributed by atoms with E-state index in [1.165, 1.54) is 25.7 Å². The summed E-state index contributed by atoms with van der Waals surface area (Å²) in [6.07, 6.45) is 6.05. The Bertz CT molecular complexity index is 664. The number of hydrogen-bond acceptors (Lipinski definition) is 5. The van der Waals surface area contributed by atoms with E-state index < -0.39 is 6.10 Å². The van der Waals surface area contributed by atoms with Gasteiger partial charge in [0.15, 0.2) is 11.5 Å². The van der Waals surface area contributed by atoms with Crippen molar-refractivity contribution in [3.63, 3.8) is 0 Å². The van der Waals surface area contributed by atoms with Crippen molar-refractivity contribution in [3.05, 3.63) is 47.9 Å². The number of rotatable bonds is 6. The molecular formula is C19H23NO4. The molecule has 1 saturated carbocycles. The Morgan fingerprint density at radius 1 is 1.12 bits per heavy atom. The quantitative estimate of drug-likeness (QED) is 0.879. The molecule has 0 radical (unpaired) electrons. The predicted octanol–water partition coefficient (Wildman–Crippen LogP) is 3.49. The Kier molecular flexibility index (Phi) is 4.45. The molecule has 1 unspecified atom stereocenters. The van der Waals surface area contributed by atoms with E-state index in [4.69, 9.17) is 13.9 Å². The van der Waals surface area contributed by atoms with Crippen LogP contribution in [0.5, 0.6) is 11.5 Å². The van der Waals surface area contributed by atoms with Crippen LogP contribution in [0.2, 0.25) is 0 Å². The molecule has 5 heteroatoms. The summed E-state index contributed by atoms with van der Waals surface area (Å²) < 4.78 is 16.3. The van der Waals surface area contributed by atoms with Gasteiger partial charge in [0.05, 0.1) is 18.9 Å². The average Bonchev–Trinajstić information content (AvgIpc) is 3.34. The Hall–Kier alpha value is -1.98. The molecule has 1 N–H and O–H groups in total. The monoisotopic (exact) mass is 329 g/mol. The summed E-state index contributed by atoms with van der Waals surface area (Å²) in [6, 6.07) is 10.1. The van der Waals surface area contributed by atoms with Gasteiger partial charge >= 0.3 is 0 Å². The molecule has 1 fully saturated rings. The minimum Gasteiger partial charge on any atom is -0.468 e. The van der Waals surface area contributed by atoms with Crippen molar-refractivity contribution in [2.24, 2.45) is 0 Å². The first-order valence-electron chi connectivity index (χ1n) is 8.63. The predicted molar refractivity (Wildman–Crippen MR) is 88.9 cm³/mol. The fourth-order valence-corrected chi connectivity index (χ4v) is 3.66. The minimum atomic E-state index is -0.560. The zero-order valence-electron chi connectivity index (χ0n) is 13.7. The molecule has 2 aromatic rings.